The molecule has 2 aromatic carbocycles. The predicted octanol–water partition coefficient (Wildman–Crippen LogP) is 4.39. The molecule has 5 nitrogen and oxygen atoms in total. The van der Waals surface area contributed by atoms with Crippen molar-refractivity contribution in [2.24, 2.45) is 5.73 Å². The first-order valence-corrected chi connectivity index (χ1v) is 11.5. The van der Waals surface area contributed by atoms with E-state index in [1.54, 1.807) is 11.8 Å². The molecule has 0 bridgehead atoms. The zero-order valence-corrected chi connectivity index (χ0v) is 18.7. The number of hydrogen-bond donors (Lipinski definition) is 1. The molecule has 0 aliphatic carbocycles. The van der Waals surface area contributed by atoms with Crippen LogP contribution in [0.3, 0.4) is 0 Å². The molecule has 1 saturated heterocycles. The fourth-order valence-corrected chi connectivity index (χ4v) is 4.29. The molecule has 156 valence electrons. The number of thioether (sulfide) groups is 1. The summed E-state index contributed by atoms with van der Waals surface area (Å²) in [5.74, 6) is 0.951. The van der Waals surface area contributed by atoms with E-state index in [0.29, 0.717) is 0 Å². The van der Waals surface area contributed by atoms with E-state index < -0.39 is 5.54 Å². The van der Waals surface area contributed by atoms with Crippen molar-refractivity contribution in [1.82, 2.24) is 15.1 Å². The van der Waals surface area contributed by atoms with E-state index in [0.717, 1.165) is 59.7 Å². The summed E-state index contributed by atoms with van der Waals surface area (Å²) in [5, 5.41) is 11.6. The summed E-state index contributed by atoms with van der Waals surface area (Å²) >= 11 is 1.74. The van der Waals surface area contributed by atoms with E-state index in [2.05, 4.69) is 81.4 Å². The van der Waals surface area contributed by atoms with Gasteiger partial charge in [-0.3, -0.25) is 0 Å². The number of nitrogens with zero attached hydrogens (tertiary/aromatic N) is 4. The summed E-state index contributed by atoms with van der Waals surface area (Å²) in [6.07, 6.45) is 2.09. The summed E-state index contributed by atoms with van der Waals surface area (Å²) < 4.78 is 0. The third kappa shape index (κ3) is 4.02. The zero-order valence-electron chi connectivity index (χ0n) is 17.9. The van der Waals surface area contributed by atoms with Crippen molar-refractivity contribution in [3.63, 3.8) is 0 Å². The van der Waals surface area contributed by atoms with E-state index in [-0.39, 0.29) is 0 Å². The van der Waals surface area contributed by atoms with Gasteiger partial charge in [0.2, 0.25) is 0 Å². The highest BCUT2D eigenvalue weighted by Gasteiger charge is 2.26. The monoisotopic (exact) mass is 419 g/mol. The second kappa shape index (κ2) is 8.28. The Kier molecular flexibility index (Phi) is 5.71. The van der Waals surface area contributed by atoms with Crippen molar-refractivity contribution in [1.29, 1.82) is 0 Å². The van der Waals surface area contributed by atoms with Gasteiger partial charge in [-0.05, 0) is 32.2 Å². The van der Waals surface area contributed by atoms with Crippen LogP contribution in [0.15, 0.2) is 65.7 Å². The number of nitrogens with two attached hydrogens (primary N) is 1. The van der Waals surface area contributed by atoms with Crippen LogP contribution in [0.4, 0.5) is 5.82 Å². The minimum Gasteiger partial charge on any atom is -0.370 e. The van der Waals surface area contributed by atoms with Crippen LogP contribution in [-0.4, -0.2) is 53.1 Å². The van der Waals surface area contributed by atoms with Crippen LogP contribution >= 0.6 is 11.8 Å². The van der Waals surface area contributed by atoms with Gasteiger partial charge < -0.3 is 15.5 Å². The lowest BCUT2D eigenvalue weighted by Crippen LogP contribution is -2.51. The number of aromatic nitrogens is 2. The normalized spacial score (nSPS) is 14.9. The zero-order chi connectivity index (χ0) is 21.3. The number of piperazine rings is 1. The molecule has 0 saturated carbocycles. The summed E-state index contributed by atoms with van der Waals surface area (Å²) in [5.41, 5.74) is 8.85. The van der Waals surface area contributed by atoms with Crippen LogP contribution in [0.25, 0.3) is 22.0 Å². The molecule has 4 rings (SSSR count). The second-order valence-corrected chi connectivity index (χ2v) is 9.17. The van der Waals surface area contributed by atoms with Crippen molar-refractivity contribution in [3.8, 4) is 11.3 Å². The summed E-state index contributed by atoms with van der Waals surface area (Å²) in [6, 6.07) is 16.9. The Hall–Kier alpha value is -2.57. The molecule has 2 heterocycles. The molecule has 30 heavy (non-hydrogen) atoms. The molecule has 0 radical (unpaired) electrons. The topological polar surface area (TPSA) is 58.3 Å². The second-order valence-electron chi connectivity index (χ2n) is 8.29. The Balaban J connectivity index is 1.63. The van der Waals surface area contributed by atoms with E-state index in [1.807, 2.05) is 13.8 Å². The lowest BCUT2D eigenvalue weighted by molar-refractivity contribution is 0.281. The number of benzene rings is 2. The molecule has 6 heteroatoms. The van der Waals surface area contributed by atoms with Gasteiger partial charge >= 0.3 is 0 Å². The van der Waals surface area contributed by atoms with E-state index >= 15 is 0 Å². The molecule has 3 aromatic rings. The van der Waals surface area contributed by atoms with Gasteiger partial charge in [0, 0.05) is 58.6 Å². The van der Waals surface area contributed by atoms with Gasteiger partial charge in [0.25, 0.3) is 0 Å². The maximum absolute atomic E-state index is 6.24. The highest BCUT2D eigenvalue weighted by molar-refractivity contribution is 7.98. The molecule has 0 unspecified atom stereocenters. The van der Waals surface area contributed by atoms with Crippen LogP contribution in [0.5, 0.6) is 0 Å². The van der Waals surface area contributed by atoms with E-state index in [4.69, 9.17) is 5.73 Å². The minimum atomic E-state index is -0.401. The van der Waals surface area contributed by atoms with Crippen LogP contribution in [0.1, 0.15) is 13.8 Å². The lowest BCUT2D eigenvalue weighted by atomic mass is 10.0. The van der Waals surface area contributed by atoms with Gasteiger partial charge in [-0.15, -0.1) is 22.0 Å². The Morgan fingerprint density at radius 3 is 2.20 bits per heavy atom. The van der Waals surface area contributed by atoms with Gasteiger partial charge in [0.15, 0.2) is 5.82 Å². The average molecular weight is 420 g/mol. The van der Waals surface area contributed by atoms with Crippen LogP contribution in [0.2, 0.25) is 0 Å². The minimum absolute atomic E-state index is 0.401. The third-order valence-corrected chi connectivity index (χ3v) is 6.48. The van der Waals surface area contributed by atoms with Crippen molar-refractivity contribution in [2.45, 2.75) is 24.3 Å². The summed E-state index contributed by atoms with van der Waals surface area (Å²) in [6.45, 7) is 11.7. The first kappa shape index (κ1) is 20.7. The fraction of sp³-hybridized carbons (Fsp3) is 0.333. The Labute approximate surface area is 183 Å². The van der Waals surface area contributed by atoms with Crippen molar-refractivity contribution in [2.75, 3.05) is 37.3 Å². The molecule has 0 amide bonds. The SMILES string of the molecule is C=C(N1CCN(c2nnc(-c3ccc(SC)cc3)c3ccccc23)CC1)C(C)(C)N. The van der Waals surface area contributed by atoms with Crippen molar-refractivity contribution in [3.05, 3.63) is 60.8 Å². The third-order valence-electron chi connectivity index (χ3n) is 5.74. The number of rotatable bonds is 5. The predicted molar refractivity (Wildman–Crippen MR) is 128 cm³/mol. The van der Waals surface area contributed by atoms with Crippen molar-refractivity contribution < 1.29 is 0 Å². The van der Waals surface area contributed by atoms with Crippen LogP contribution in [-0.2, 0) is 0 Å². The molecule has 1 aliphatic heterocycles. The molecule has 1 fully saturated rings. The molecule has 1 aliphatic rings. The molecule has 0 atom stereocenters. The first-order valence-electron chi connectivity index (χ1n) is 10.3. The van der Waals surface area contributed by atoms with E-state index in [1.165, 1.54) is 4.90 Å². The largest absolute Gasteiger partial charge is 0.370 e. The highest BCUT2D eigenvalue weighted by Crippen LogP contribution is 2.32. The quantitative estimate of drug-likeness (QED) is 0.619. The summed E-state index contributed by atoms with van der Waals surface area (Å²) in [4.78, 5) is 5.85. The van der Waals surface area contributed by atoms with E-state index in [9.17, 15) is 0 Å². The van der Waals surface area contributed by atoms with Crippen LogP contribution in [0, 0.1) is 0 Å². The van der Waals surface area contributed by atoms with Gasteiger partial charge in [-0.25, -0.2) is 0 Å². The number of anilines is 1. The number of hydrogen-bond acceptors (Lipinski definition) is 6. The number of fused-ring (bicyclic) bond motifs is 1. The Morgan fingerprint density at radius 2 is 1.60 bits per heavy atom. The van der Waals surface area contributed by atoms with Gasteiger partial charge in [0.1, 0.15) is 5.69 Å². The maximum Gasteiger partial charge on any atom is 0.159 e. The summed E-state index contributed by atoms with van der Waals surface area (Å²) in [7, 11) is 0. The van der Waals surface area contributed by atoms with Gasteiger partial charge in [-0.2, -0.15) is 0 Å². The average Bonchev–Trinajstić information content (AvgIpc) is 2.77. The fourth-order valence-electron chi connectivity index (χ4n) is 3.88. The van der Waals surface area contributed by atoms with Crippen molar-refractivity contribution >= 4 is 28.4 Å². The molecular weight excluding hydrogens is 390 g/mol. The maximum atomic E-state index is 6.24. The lowest BCUT2D eigenvalue weighted by Gasteiger charge is -2.41. The van der Waals surface area contributed by atoms with Crippen LogP contribution < -0.4 is 10.6 Å². The smallest absolute Gasteiger partial charge is 0.159 e. The Bertz CT molecular complexity index is 1050. The molecule has 1 aromatic heterocycles. The Morgan fingerprint density at radius 1 is 0.967 bits per heavy atom. The molecule has 0 spiro atoms. The highest BCUT2D eigenvalue weighted by atomic mass is 32.2. The van der Waals surface area contributed by atoms with Gasteiger partial charge in [-0.1, -0.05) is 43.0 Å². The molecule has 2 N–H and O–H groups in total. The standard InChI is InChI=1S/C24H29N5S/c1-17(24(2,3)25)28-13-15-29(16-14-28)23-21-8-6-5-7-20(21)22(26-27-23)18-9-11-19(30-4)12-10-18/h5-12H,1,13-16,25H2,2-4H3. The van der Waals surface area contributed by atoms with Gasteiger partial charge in [0.05, 0.1) is 0 Å². The first-order chi connectivity index (χ1) is 14.4. The molecular formula is C24H29N5S.